The molecule has 0 aromatic rings. The minimum atomic E-state index is -1.10. The van der Waals surface area contributed by atoms with Crippen LogP contribution >= 0.6 is 0 Å². The molecule has 0 rings (SSSR count). The monoisotopic (exact) mass is 214 g/mol. The molecule has 0 saturated heterocycles. The average molecular weight is 214 g/mol. The molecule has 0 fully saturated rings. The van der Waals surface area contributed by atoms with E-state index in [0.717, 1.165) is 12.5 Å². The first-order valence-corrected chi connectivity index (χ1v) is 4.48. The van der Waals surface area contributed by atoms with Gasteiger partial charge < -0.3 is 5.11 Å². The maximum atomic E-state index is 10.9. The molecule has 2 N–H and O–H groups in total. The lowest BCUT2D eigenvalue weighted by molar-refractivity contribution is -0.229. The molecular formula is C10H14O5. The molecule has 0 aliphatic heterocycles. The van der Waals surface area contributed by atoms with Gasteiger partial charge in [-0.1, -0.05) is 26.0 Å². The summed E-state index contributed by atoms with van der Waals surface area (Å²) in [5.74, 6) is -2.46. The van der Waals surface area contributed by atoms with E-state index in [4.69, 9.17) is 10.4 Å². The third-order valence-electron chi connectivity index (χ3n) is 1.86. The van der Waals surface area contributed by atoms with Crippen LogP contribution in [0.5, 0.6) is 0 Å². The fraction of sp³-hybridized carbons (Fsp3) is 0.400. The van der Waals surface area contributed by atoms with Crippen molar-refractivity contribution in [1.29, 1.82) is 0 Å². The maximum Gasteiger partial charge on any atom is 0.368 e. The fourth-order valence-electron chi connectivity index (χ4n) is 1.11. The molecule has 1 unspecified atom stereocenters. The molecule has 0 heterocycles. The average Bonchev–Trinajstić information content (AvgIpc) is 2.21. The summed E-state index contributed by atoms with van der Waals surface area (Å²) in [7, 11) is 0. The van der Waals surface area contributed by atoms with Gasteiger partial charge in [-0.05, 0) is 6.42 Å². The highest BCUT2D eigenvalue weighted by Gasteiger charge is 2.17. The van der Waals surface area contributed by atoms with E-state index in [1.165, 1.54) is 6.08 Å². The van der Waals surface area contributed by atoms with Crippen LogP contribution in [0.1, 0.15) is 19.8 Å². The molecule has 0 radical (unpaired) electrons. The Bertz CT molecular complexity index is 280. The van der Waals surface area contributed by atoms with Gasteiger partial charge in [-0.15, -0.1) is 0 Å². The van der Waals surface area contributed by atoms with Crippen LogP contribution in [0.2, 0.25) is 0 Å². The molecule has 15 heavy (non-hydrogen) atoms. The largest absolute Gasteiger partial charge is 0.478 e. The molecule has 0 bridgehead atoms. The zero-order valence-corrected chi connectivity index (χ0v) is 8.47. The van der Waals surface area contributed by atoms with Crippen molar-refractivity contribution in [2.75, 3.05) is 0 Å². The summed E-state index contributed by atoms with van der Waals surface area (Å²) in [4.78, 5) is 24.7. The third-order valence-corrected chi connectivity index (χ3v) is 1.86. The fourth-order valence-corrected chi connectivity index (χ4v) is 1.11. The van der Waals surface area contributed by atoms with Crippen molar-refractivity contribution in [1.82, 2.24) is 0 Å². The molecule has 0 amide bonds. The first kappa shape index (κ1) is 13.4. The lowest BCUT2D eigenvalue weighted by Crippen LogP contribution is -2.12. The van der Waals surface area contributed by atoms with Crippen LogP contribution in [0.15, 0.2) is 24.3 Å². The normalized spacial score (nSPS) is 12.4. The molecule has 0 spiro atoms. The van der Waals surface area contributed by atoms with Crippen LogP contribution in [-0.4, -0.2) is 22.3 Å². The van der Waals surface area contributed by atoms with Crippen LogP contribution in [0.3, 0.4) is 0 Å². The predicted octanol–water partition coefficient (Wildman–Crippen LogP) is 1.62. The summed E-state index contributed by atoms with van der Waals surface area (Å²) in [5, 5.41) is 16.6. The molecule has 0 aliphatic carbocycles. The van der Waals surface area contributed by atoms with Crippen LogP contribution in [0, 0.1) is 5.92 Å². The summed E-state index contributed by atoms with van der Waals surface area (Å²) in [6.07, 6.45) is 3.62. The van der Waals surface area contributed by atoms with Crippen molar-refractivity contribution in [2.45, 2.75) is 19.8 Å². The molecule has 0 aliphatic rings. The summed E-state index contributed by atoms with van der Waals surface area (Å²) >= 11 is 0. The third kappa shape index (κ3) is 4.97. The Labute approximate surface area is 87.6 Å². The van der Waals surface area contributed by atoms with Crippen molar-refractivity contribution >= 4 is 11.9 Å². The number of carboxylic acid groups (broad SMARTS) is 1. The zero-order valence-electron chi connectivity index (χ0n) is 8.47. The highest BCUT2D eigenvalue weighted by atomic mass is 17.1. The van der Waals surface area contributed by atoms with Crippen molar-refractivity contribution in [2.24, 2.45) is 5.92 Å². The van der Waals surface area contributed by atoms with Crippen molar-refractivity contribution < 1.29 is 24.8 Å². The van der Waals surface area contributed by atoms with Crippen molar-refractivity contribution in [3.63, 3.8) is 0 Å². The Morgan fingerprint density at radius 2 is 2.13 bits per heavy atom. The minimum absolute atomic E-state index is 0.0388. The molecule has 0 aromatic carbocycles. The number of rotatable bonds is 6. The highest BCUT2D eigenvalue weighted by Crippen LogP contribution is 2.18. The smallest absolute Gasteiger partial charge is 0.368 e. The molecular weight excluding hydrogens is 200 g/mol. The molecule has 1 atom stereocenters. The van der Waals surface area contributed by atoms with E-state index in [2.05, 4.69) is 11.5 Å². The van der Waals surface area contributed by atoms with Gasteiger partial charge in [0.05, 0.1) is 0 Å². The van der Waals surface area contributed by atoms with Crippen molar-refractivity contribution in [3.05, 3.63) is 24.3 Å². The molecule has 5 nitrogen and oxygen atoms in total. The number of hydrogen-bond acceptors (Lipinski definition) is 4. The lowest BCUT2D eigenvalue weighted by atomic mass is 9.95. The Morgan fingerprint density at radius 1 is 1.53 bits per heavy atom. The minimum Gasteiger partial charge on any atom is -0.478 e. The number of carboxylic acids is 1. The Kier molecular flexibility index (Phi) is 6.05. The summed E-state index contributed by atoms with van der Waals surface area (Å²) < 4.78 is 0. The number of allylic oxidation sites excluding steroid dienone is 1. The van der Waals surface area contributed by atoms with E-state index in [9.17, 15) is 9.59 Å². The first-order chi connectivity index (χ1) is 7.02. The van der Waals surface area contributed by atoms with E-state index >= 15 is 0 Å². The molecule has 0 saturated carbocycles. The number of carbonyl (C=O) groups is 2. The first-order valence-electron chi connectivity index (χ1n) is 4.48. The Balaban J connectivity index is 4.58. The Morgan fingerprint density at radius 3 is 2.53 bits per heavy atom. The lowest BCUT2D eigenvalue weighted by Gasteiger charge is -2.11. The second kappa shape index (κ2) is 6.78. The summed E-state index contributed by atoms with van der Waals surface area (Å²) in [6.45, 7) is 5.33. The maximum absolute atomic E-state index is 10.9. The topological polar surface area (TPSA) is 83.8 Å². The van der Waals surface area contributed by atoms with Gasteiger partial charge in [-0.25, -0.2) is 9.59 Å². The van der Waals surface area contributed by atoms with Gasteiger partial charge in [-0.3, -0.25) is 4.89 Å². The summed E-state index contributed by atoms with van der Waals surface area (Å²) in [6, 6.07) is 0. The van der Waals surface area contributed by atoms with E-state index < -0.39 is 17.9 Å². The molecule has 5 heteroatoms. The Hall–Kier alpha value is -1.62. The van der Waals surface area contributed by atoms with Crippen LogP contribution < -0.4 is 0 Å². The van der Waals surface area contributed by atoms with Gasteiger partial charge in [0, 0.05) is 17.6 Å². The van der Waals surface area contributed by atoms with Crippen LogP contribution in [0.4, 0.5) is 0 Å². The quantitative estimate of drug-likeness (QED) is 0.398. The number of hydrogen-bond donors (Lipinski definition) is 2. The zero-order chi connectivity index (χ0) is 11.8. The van der Waals surface area contributed by atoms with Gasteiger partial charge in [0.15, 0.2) is 0 Å². The molecule has 0 aromatic heterocycles. The van der Waals surface area contributed by atoms with E-state index in [0.29, 0.717) is 6.42 Å². The second-order valence-electron chi connectivity index (χ2n) is 3.00. The van der Waals surface area contributed by atoms with Gasteiger partial charge in [0.2, 0.25) is 0 Å². The van der Waals surface area contributed by atoms with Gasteiger partial charge in [0.25, 0.3) is 0 Å². The van der Waals surface area contributed by atoms with E-state index in [1.807, 2.05) is 6.92 Å². The second-order valence-corrected chi connectivity index (χ2v) is 3.00. The van der Waals surface area contributed by atoms with Gasteiger partial charge in [0.1, 0.15) is 0 Å². The van der Waals surface area contributed by atoms with Crippen LogP contribution in [0.25, 0.3) is 0 Å². The molecule has 84 valence electrons. The number of carbonyl (C=O) groups excluding carboxylic acids is 1. The van der Waals surface area contributed by atoms with Crippen molar-refractivity contribution in [3.8, 4) is 0 Å². The van der Waals surface area contributed by atoms with E-state index in [-0.39, 0.29) is 5.57 Å². The van der Waals surface area contributed by atoms with Crippen LogP contribution in [-0.2, 0) is 14.5 Å². The highest BCUT2D eigenvalue weighted by molar-refractivity contribution is 5.88. The predicted molar refractivity (Wildman–Crippen MR) is 53.0 cm³/mol. The van der Waals surface area contributed by atoms with E-state index in [1.54, 1.807) is 0 Å². The van der Waals surface area contributed by atoms with Gasteiger partial charge in [-0.2, -0.15) is 5.26 Å². The SMILES string of the molecule is C=C(C(=O)OO)C(C=CC(=O)O)CCC. The summed E-state index contributed by atoms with van der Waals surface area (Å²) in [5.41, 5.74) is 0.0388. The standard InChI is InChI=1S/C10H14O5/c1-3-4-8(5-6-9(11)12)7(2)10(13)15-14/h5-6,8,14H,2-4H2,1H3,(H,11,12). The number of aliphatic carboxylic acids is 1. The van der Waals surface area contributed by atoms with Gasteiger partial charge >= 0.3 is 11.9 Å².